The van der Waals surface area contributed by atoms with Gasteiger partial charge in [0.1, 0.15) is 5.82 Å². The Labute approximate surface area is 60.3 Å². The summed E-state index contributed by atoms with van der Waals surface area (Å²) in [7, 11) is 0. The van der Waals surface area contributed by atoms with Crippen LogP contribution in [0.15, 0.2) is 18.3 Å². The van der Waals surface area contributed by atoms with Gasteiger partial charge in [0.2, 0.25) is 0 Å². The zero-order valence-corrected chi connectivity index (χ0v) is 5.96. The Morgan fingerprint density at radius 3 is 3.40 bits per heavy atom. The number of rotatable bonds is 0. The van der Waals surface area contributed by atoms with E-state index < -0.39 is 0 Å². The van der Waals surface area contributed by atoms with Gasteiger partial charge in [0.05, 0.1) is 0 Å². The average Bonchev–Trinajstić information content (AvgIpc) is 2.27. The van der Waals surface area contributed by atoms with Crippen LogP contribution in [0.1, 0.15) is 12.5 Å². The van der Waals surface area contributed by atoms with E-state index in [2.05, 4.69) is 23.3 Å². The summed E-state index contributed by atoms with van der Waals surface area (Å²) in [5.74, 6) is 1.06. The number of fused-ring (bicyclic) bond motifs is 1. The van der Waals surface area contributed by atoms with Gasteiger partial charge in [-0.25, -0.2) is 4.98 Å². The fraction of sp³-hybridized carbons (Fsp3) is 0.375. The minimum absolute atomic E-state index is 0.560. The van der Waals surface area contributed by atoms with E-state index in [1.165, 1.54) is 5.56 Å². The molecule has 10 heavy (non-hydrogen) atoms. The molecule has 0 unspecified atom stereocenters. The van der Waals surface area contributed by atoms with Crippen molar-refractivity contribution in [3.8, 4) is 0 Å². The third kappa shape index (κ3) is 0.764. The van der Waals surface area contributed by atoms with Gasteiger partial charge in [0, 0.05) is 12.2 Å². The van der Waals surface area contributed by atoms with E-state index >= 15 is 0 Å². The second-order valence-electron chi connectivity index (χ2n) is 2.76. The monoisotopic (exact) mass is 134 g/mol. The lowest BCUT2D eigenvalue weighted by molar-refractivity contribution is 0.838. The zero-order chi connectivity index (χ0) is 6.97. The summed E-state index contributed by atoms with van der Waals surface area (Å²) < 4.78 is 0. The van der Waals surface area contributed by atoms with Crippen LogP contribution in [-0.2, 0) is 6.42 Å². The number of pyridine rings is 1. The molecular weight excluding hydrogens is 124 g/mol. The number of hydrogen-bond acceptors (Lipinski definition) is 2. The summed E-state index contributed by atoms with van der Waals surface area (Å²) in [5.41, 5.74) is 1.34. The molecule has 2 rings (SSSR count). The molecule has 1 aliphatic rings. The van der Waals surface area contributed by atoms with Crippen molar-refractivity contribution < 1.29 is 0 Å². The zero-order valence-electron chi connectivity index (χ0n) is 5.96. The molecule has 0 saturated heterocycles. The van der Waals surface area contributed by atoms with Crippen LogP contribution < -0.4 is 5.32 Å². The standard InChI is InChI=1S/C8H10N2/c1-6-5-7-3-2-4-9-8(7)10-6/h2-4,6H,5H2,1H3,(H,9,10)/t6-/m1/s1. The number of hydrogen-bond donors (Lipinski definition) is 1. The lowest BCUT2D eigenvalue weighted by Crippen LogP contribution is -2.08. The van der Waals surface area contributed by atoms with Gasteiger partial charge in [0.25, 0.3) is 0 Å². The summed E-state index contributed by atoms with van der Waals surface area (Å²) in [6, 6.07) is 4.67. The highest BCUT2D eigenvalue weighted by Crippen LogP contribution is 2.21. The van der Waals surface area contributed by atoms with E-state index in [0.717, 1.165) is 12.2 Å². The van der Waals surface area contributed by atoms with Crippen LogP contribution in [-0.4, -0.2) is 11.0 Å². The third-order valence-corrected chi connectivity index (χ3v) is 1.80. The van der Waals surface area contributed by atoms with Crippen molar-refractivity contribution in [3.05, 3.63) is 23.9 Å². The largest absolute Gasteiger partial charge is 0.367 e. The number of aromatic nitrogens is 1. The van der Waals surface area contributed by atoms with Gasteiger partial charge in [-0.2, -0.15) is 0 Å². The van der Waals surface area contributed by atoms with Gasteiger partial charge in [-0.15, -0.1) is 0 Å². The molecule has 1 aromatic rings. The smallest absolute Gasteiger partial charge is 0.129 e. The Hall–Kier alpha value is -1.05. The Kier molecular flexibility index (Phi) is 1.13. The first-order valence-electron chi connectivity index (χ1n) is 3.56. The molecule has 0 amide bonds. The maximum Gasteiger partial charge on any atom is 0.129 e. The van der Waals surface area contributed by atoms with Gasteiger partial charge in [-0.1, -0.05) is 6.07 Å². The van der Waals surface area contributed by atoms with Gasteiger partial charge in [-0.05, 0) is 25.0 Å². The highest BCUT2D eigenvalue weighted by Gasteiger charge is 2.15. The SMILES string of the molecule is C[C@@H]1Cc2cccnc2N1. The van der Waals surface area contributed by atoms with E-state index in [-0.39, 0.29) is 0 Å². The molecule has 0 aliphatic carbocycles. The highest BCUT2D eigenvalue weighted by molar-refractivity contribution is 5.49. The normalized spacial score (nSPS) is 21.9. The molecule has 0 aromatic carbocycles. The topological polar surface area (TPSA) is 24.9 Å². The molecule has 0 bridgehead atoms. The predicted molar refractivity (Wildman–Crippen MR) is 41.0 cm³/mol. The molecule has 0 radical (unpaired) electrons. The van der Waals surface area contributed by atoms with Crippen molar-refractivity contribution in [2.75, 3.05) is 5.32 Å². The number of anilines is 1. The van der Waals surface area contributed by atoms with Crippen molar-refractivity contribution in [1.82, 2.24) is 4.98 Å². The molecule has 1 aliphatic heterocycles. The first-order valence-corrected chi connectivity index (χ1v) is 3.56. The predicted octanol–water partition coefficient (Wildman–Crippen LogP) is 1.44. The Morgan fingerprint density at radius 2 is 2.60 bits per heavy atom. The van der Waals surface area contributed by atoms with Gasteiger partial charge in [-0.3, -0.25) is 0 Å². The number of nitrogens with one attached hydrogen (secondary N) is 1. The molecule has 2 heterocycles. The van der Waals surface area contributed by atoms with Crippen molar-refractivity contribution >= 4 is 5.82 Å². The molecule has 0 fully saturated rings. The maximum atomic E-state index is 4.20. The summed E-state index contributed by atoms with van der Waals surface area (Å²) in [4.78, 5) is 4.20. The lowest BCUT2D eigenvalue weighted by atomic mass is 10.2. The van der Waals surface area contributed by atoms with Crippen molar-refractivity contribution in [3.63, 3.8) is 0 Å². The van der Waals surface area contributed by atoms with Crippen LogP contribution in [0, 0.1) is 0 Å². The quantitative estimate of drug-likeness (QED) is 0.580. The van der Waals surface area contributed by atoms with Gasteiger partial charge >= 0.3 is 0 Å². The van der Waals surface area contributed by atoms with Crippen LogP contribution in [0.4, 0.5) is 5.82 Å². The second-order valence-corrected chi connectivity index (χ2v) is 2.76. The average molecular weight is 134 g/mol. The Bertz CT molecular complexity index is 220. The second kappa shape index (κ2) is 1.97. The molecule has 0 saturated carbocycles. The first kappa shape index (κ1) is 5.71. The number of nitrogens with zero attached hydrogens (tertiary/aromatic N) is 1. The summed E-state index contributed by atoms with van der Waals surface area (Å²) in [6.45, 7) is 2.17. The van der Waals surface area contributed by atoms with Crippen molar-refractivity contribution in [1.29, 1.82) is 0 Å². The Balaban J connectivity index is 2.42. The first-order chi connectivity index (χ1) is 4.86. The van der Waals surface area contributed by atoms with Crippen LogP contribution in [0.3, 0.4) is 0 Å². The minimum atomic E-state index is 0.560. The highest BCUT2D eigenvalue weighted by atomic mass is 15.0. The van der Waals surface area contributed by atoms with E-state index in [9.17, 15) is 0 Å². The molecule has 1 atom stereocenters. The van der Waals surface area contributed by atoms with E-state index in [4.69, 9.17) is 0 Å². The summed E-state index contributed by atoms with van der Waals surface area (Å²) >= 11 is 0. The van der Waals surface area contributed by atoms with Crippen LogP contribution >= 0.6 is 0 Å². The summed E-state index contributed by atoms with van der Waals surface area (Å²) in [6.07, 6.45) is 2.94. The van der Waals surface area contributed by atoms with Crippen molar-refractivity contribution in [2.24, 2.45) is 0 Å². The molecule has 2 heteroatoms. The third-order valence-electron chi connectivity index (χ3n) is 1.80. The fourth-order valence-electron chi connectivity index (χ4n) is 1.35. The van der Waals surface area contributed by atoms with Crippen LogP contribution in [0.5, 0.6) is 0 Å². The van der Waals surface area contributed by atoms with Gasteiger partial charge < -0.3 is 5.32 Å². The van der Waals surface area contributed by atoms with Gasteiger partial charge in [0.15, 0.2) is 0 Å². The Morgan fingerprint density at radius 1 is 1.70 bits per heavy atom. The maximum absolute atomic E-state index is 4.20. The minimum Gasteiger partial charge on any atom is -0.367 e. The molecular formula is C8H10N2. The van der Waals surface area contributed by atoms with E-state index in [1.54, 1.807) is 0 Å². The summed E-state index contributed by atoms with van der Waals surface area (Å²) in [5, 5.41) is 3.29. The van der Waals surface area contributed by atoms with Crippen LogP contribution in [0.2, 0.25) is 0 Å². The molecule has 1 aromatic heterocycles. The molecule has 0 spiro atoms. The van der Waals surface area contributed by atoms with Crippen LogP contribution in [0.25, 0.3) is 0 Å². The molecule has 1 N–H and O–H groups in total. The molecule has 2 nitrogen and oxygen atoms in total. The van der Waals surface area contributed by atoms with Crippen molar-refractivity contribution in [2.45, 2.75) is 19.4 Å². The fourth-order valence-corrected chi connectivity index (χ4v) is 1.35. The van der Waals surface area contributed by atoms with E-state index in [0.29, 0.717) is 6.04 Å². The van der Waals surface area contributed by atoms with E-state index in [1.807, 2.05) is 12.3 Å². The molecule has 52 valence electrons. The lowest BCUT2D eigenvalue weighted by Gasteiger charge is -1.99.